The molecule has 0 nitrogen and oxygen atoms in total. The summed E-state index contributed by atoms with van der Waals surface area (Å²) in [4.78, 5) is 0. The summed E-state index contributed by atoms with van der Waals surface area (Å²) >= 11 is 0. The third-order valence-corrected chi connectivity index (χ3v) is 1.36. The van der Waals surface area contributed by atoms with Gasteiger partial charge >= 0.3 is 0 Å². The molecule has 0 aliphatic rings. The van der Waals surface area contributed by atoms with Gasteiger partial charge in [0.05, 0.1) is 0 Å². The van der Waals surface area contributed by atoms with Gasteiger partial charge in [-0.15, -0.1) is 0 Å². The molecule has 0 radical (unpaired) electrons. The molecule has 56 valence electrons. The van der Waals surface area contributed by atoms with Crippen molar-refractivity contribution in [3.05, 3.63) is 54.1 Å². The van der Waals surface area contributed by atoms with Crippen LogP contribution in [0, 0.1) is 0 Å². The molecule has 0 aromatic heterocycles. The zero-order valence-corrected chi connectivity index (χ0v) is 6.75. The van der Waals surface area contributed by atoms with Crippen LogP contribution in [0.2, 0.25) is 0 Å². The smallest absolute Gasteiger partial charge is 0.0257 e. The molecule has 0 saturated carbocycles. The maximum absolute atomic E-state index is 3.78. The standard InChI is InChI=1S/C11H12/c1-10(2)8-9-11-6-4-3-5-7-11/h3-9H,1H2,2H3. The Labute approximate surface area is 67.9 Å². The Balaban J connectivity index is 2.72. The Morgan fingerprint density at radius 1 is 1.27 bits per heavy atom. The van der Waals surface area contributed by atoms with Gasteiger partial charge in [-0.1, -0.05) is 54.6 Å². The van der Waals surface area contributed by atoms with E-state index in [2.05, 4.69) is 24.8 Å². The Bertz CT molecular complexity index is 255. The summed E-state index contributed by atoms with van der Waals surface area (Å²) in [7, 11) is 0. The lowest BCUT2D eigenvalue weighted by Crippen LogP contribution is -1.68. The Kier molecular flexibility index (Phi) is 2.67. The van der Waals surface area contributed by atoms with Gasteiger partial charge < -0.3 is 0 Å². The minimum Gasteiger partial charge on any atom is -0.0961 e. The lowest BCUT2D eigenvalue weighted by atomic mass is 10.2. The second kappa shape index (κ2) is 3.77. The van der Waals surface area contributed by atoms with Crippen molar-refractivity contribution in [2.75, 3.05) is 0 Å². The highest BCUT2D eigenvalue weighted by atomic mass is 13.9. The fraction of sp³-hybridized carbons (Fsp3) is 0.0909. The number of allylic oxidation sites excluding steroid dienone is 2. The van der Waals surface area contributed by atoms with Crippen LogP contribution in [0.4, 0.5) is 0 Å². The van der Waals surface area contributed by atoms with E-state index in [9.17, 15) is 0 Å². The van der Waals surface area contributed by atoms with Crippen molar-refractivity contribution < 1.29 is 0 Å². The molecule has 0 amide bonds. The first kappa shape index (κ1) is 7.80. The van der Waals surface area contributed by atoms with Crippen LogP contribution in [0.3, 0.4) is 0 Å². The van der Waals surface area contributed by atoms with Gasteiger partial charge in [-0.3, -0.25) is 0 Å². The zero-order chi connectivity index (χ0) is 8.10. The Morgan fingerprint density at radius 2 is 1.91 bits per heavy atom. The average molecular weight is 144 g/mol. The van der Waals surface area contributed by atoms with Crippen molar-refractivity contribution in [3.8, 4) is 0 Å². The normalized spacial score (nSPS) is 10.3. The van der Waals surface area contributed by atoms with Crippen LogP contribution in [-0.4, -0.2) is 0 Å². The van der Waals surface area contributed by atoms with Gasteiger partial charge in [-0.05, 0) is 12.5 Å². The fourth-order valence-electron chi connectivity index (χ4n) is 0.803. The van der Waals surface area contributed by atoms with E-state index >= 15 is 0 Å². The van der Waals surface area contributed by atoms with Crippen LogP contribution in [-0.2, 0) is 0 Å². The molecule has 0 aliphatic heterocycles. The Morgan fingerprint density at radius 3 is 2.45 bits per heavy atom. The number of rotatable bonds is 2. The maximum atomic E-state index is 3.78. The van der Waals surface area contributed by atoms with Crippen LogP contribution in [0.15, 0.2) is 48.6 Å². The van der Waals surface area contributed by atoms with Crippen LogP contribution < -0.4 is 0 Å². The Hall–Kier alpha value is -1.30. The van der Waals surface area contributed by atoms with E-state index in [1.54, 1.807) is 0 Å². The summed E-state index contributed by atoms with van der Waals surface area (Å²) in [6.45, 7) is 5.77. The molecular formula is C11H12. The number of benzene rings is 1. The second-order valence-corrected chi connectivity index (χ2v) is 2.59. The third kappa shape index (κ3) is 2.85. The van der Waals surface area contributed by atoms with Crippen LogP contribution in [0.25, 0.3) is 6.08 Å². The SMILES string of the molecule is C=C(C)C=Cc1ccccc1. The predicted molar refractivity (Wildman–Crippen MR) is 50.3 cm³/mol. The van der Waals surface area contributed by atoms with E-state index < -0.39 is 0 Å². The first-order chi connectivity index (χ1) is 5.29. The fourth-order valence-corrected chi connectivity index (χ4v) is 0.803. The molecule has 0 spiro atoms. The van der Waals surface area contributed by atoms with Crippen LogP contribution in [0.1, 0.15) is 12.5 Å². The first-order valence-electron chi connectivity index (χ1n) is 3.67. The highest BCUT2D eigenvalue weighted by Gasteiger charge is 1.80. The highest BCUT2D eigenvalue weighted by Crippen LogP contribution is 2.02. The topological polar surface area (TPSA) is 0 Å². The summed E-state index contributed by atoms with van der Waals surface area (Å²) in [5, 5.41) is 0. The molecule has 0 aliphatic carbocycles. The summed E-state index contributed by atoms with van der Waals surface area (Å²) < 4.78 is 0. The van der Waals surface area contributed by atoms with Crippen molar-refractivity contribution in [2.45, 2.75) is 6.92 Å². The molecule has 0 heteroatoms. The minimum atomic E-state index is 1.08. The van der Waals surface area contributed by atoms with Gasteiger partial charge in [0.25, 0.3) is 0 Å². The molecule has 0 saturated heterocycles. The quantitative estimate of drug-likeness (QED) is 0.559. The lowest BCUT2D eigenvalue weighted by molar-refractivity contribution is 1.57. The molecule has 11 heavy (non-hydrogen) atoms. The van der Waals surface area contributed by atoms with Crippen molar-refractivity contribution in [3.63, 3.8) is 0 Å². The van der Waals surface area contributed by atoms with E-state index in [0.717, 1.165) is 5.57 Å². The monoisotopic (exact) mass is 144 g/mol. The minimum absolute atomic E-state index is 1.08. The molecule has 0 atom stereocenters. The van der Waals surface area contributed by atoms with Crippen molar-refractivity contribution in [1.29, 1.82) is 0 Å². The summed E-state index contributed by atoms with van der Waals surface area (Å²) in [5.41, 5.74) is 2.30. The summed E-state index contributed by atoms with van der Waals surface area (Å²) in [6.07, 6.45) is 4.07. The van der Waals surface area contributed by atoms with Crippen LogP contribution in [0.5, 0.6) is 0 Å². The zero-order valence-electron chi connectivity index (χ0n) is 6.75. The van der Waals surface area contributed by atoms with Gasteiger partial charge in [0.2, 0.25) is 0 Å². The van der Waals surface area contributed by atoms with E-state index in [4.69, 9.17) is 0 Å². The van der Waals surface area contributed by atoms with Gasteiger partial charge in [0, 0.05) is 0 Å². The van der Waals surface area contributed by atoms with E-state index in [1.165, 1.54) is 5.56 Å². The van der Waals surface area contributed by atoms with Gasteiger partial charge in [0.15, 0.2) is 0 Å². The van der Waals surface area contributed by atoms with E-state index in [0.29, 0.717) is 0 Å². The van der Waals surface area contributed by atoms with Crippen molar-refractivity contribution in [2.24, 2.45) is 0 Å². The van der Waals surface area contributed by atoms with E-state index in [-0.39, 0.29) is 0 Å². The molecule has 1 rings (SSSR count). The maximum Gasteiger partial charge on any atom is -0.0257 e. The summed E-state index contributed by atoms with van der Waals surface area (Å²) in [6, 6.07) is 10.2. The average Bonchev–Trinajstić information content (AvgIpc) is 2.03. The predicted octanol–water partition coefficient (Wildman–Crippen LogP) is 3.28. The summed E-state index contributed by atoms with van der Waals surface area (Å²) in [5.74, 6) is 0. The van der Waals surface area contributed by atoms with Crippen molar-refractivity contribution in [1.82, 2.24) is 0 Å². The van der Waals surface area contributed by atoms with Crippen LogP contribution >= 0.6 is 0 Å². The molecule has 0 heterocycles. The second-order valence-electron chi connectivity index (χ2n) is 2.59. The highest BCUT2D eigenvalue weighted by molar-refractivity contribution is 5.51. The molecule has 1 aromatic rings. The molecule has 0 unspecified atom stereocenters. The number of hydrogen-bond acceptors (Lipinski definition) is 0. The first-order valence-corrected chi connectivity index (χ1v) is 3.67. The molecular weight excluding hydrogens is 132 g/mol. The van der Waals surface area contributed by atoms with Crippen molar-refractivity contribution >= 4 is 6.08 Å². The molecule has 0 N–H and O–H groups in total. The van der Waals surface area contributed by atoms with E-state index in [1.807, 2.05) is 31.2 Å². The largest absolute Gasteiger partial charge is 0.0961 e. The number of hydrogen-bond donors (Lipinski definition) is 0. The lowest BCUT2D eigenvalue weighted by Gasteiger charge is -1.90. The van der Waals surface area contributed by atoms with Gasteiger partial charge in [0.1, 0.15) is 0 Å². The van der Waals surface area contributed by atoms with Gasteiger partial charge in [-0.2, -0.15) is 0 Å². The molecule has 1 aromatic carbocycles. The molecule has 0 bridgehead atoms. The molecule has 0 fully saturated rings. The third-order valence-electron chi connectivity index (χ3n) is 1.36. The van der Waals surface area contributed by atoms with Gasteiger partial charge in [-0.25, -0.2) is 0 Å².